The Morgan fingerprint density at radius 1 is 1.23 bits per heavy atom. The topological polar surface area (TPSA) is 102 Å². The second-order valence-electron chi connectivity index (χ2n) is 2.49. The van der Waals surface area contributed by atoms with Crippen LogP contribution >= 0.6 is 8.25 Å². The maximum Gasteiger partial charge on any atom is 0.694 e. The molecule has 0 bridgehead atoms. The largest absolute Gasteiger partial charge is 0.694 e. The summed E-state index contributed by atoms with van der Waals surface area (Å²) in [6.07, 6.45) is 0. The van der Waals surface area contributed by atoms with Gasteiger partial charge in [0.15, 0.2) is 0 Å². The fraction of sp³-hybridized carbons (Fsp3) is 1.00. The van der Waals surface area contributed by atoms with E-state index in [1.165, 1.54) is 0 Å². The van der Waals surface area contributed by atoms with Crippen LogP contribution in [0.5, 0.6) is 0 Å². The molecule has 13 heavy (non-hydrogen) atoms. The van der Waals surface area contributed by atoms with Crippen LogP contribution in [-0.2, 0) is 9.09 Å². The lowest BCUT2D eigenvalue weighted by Gasteiger charge is -2.18. The first-order valence-electron chi connectivity index (χ1n) is 4.12. The Bertz CT molecular complexity index is 141. The fourth-order valence-electron chi connectivity index (χ4n) is 0.949. The summed E-state index contributed by atoms with van der Waals surface area (Å²) in [7, 11) is -2.49. The lowest BCUT2D eigenvalue weighted by atomic mass is 10.4. The van der Waals surface area contributed by atoms with Crippen LogP contribution in [0, 0.1) is 0 Å². The van der Waals surface area contributed by atoms with Crippen molar-refractivity contribution in [3.8, 4) is 0 Å². The van der Waals surface area contributed by atoms with E-state index in [9.17, 15) is 4.57 Å². The molecule has 0 rings (SSSR count). The fourth-order valence-corrected chi connectivity index (χ4v) is 1.19. The van der Waals surface area contributed by atoms with Gasteiger partial charge in [0.2, 0.25) is 0 Å². The van der Waals surface area contributed by atoms with E-state index in [1.54, 1.807) is 0 Å². The molecular weight excluding hydrogens is 193 g/mol. The number of nitrogens with two attached hydrogens (primary N) is 2. The average molecular weight is 210 g/mol. The van der Waals surface area contributed by atoms with Crippen molar-refractivity contribution in [1.29, 1.82) is 0 Å². The van der Waals surface area contributed by atoms with Crippen LogP contribution < -0.4 is 11.5 Å². The molecule has 0 spiro atoms. The molecule has 0 amide bonds. The number of nitrogens with zero attached hydrogens (tertiary/aromatic N) is 1. The van der Waals surface area contributed by atoms with Gasteiger partial charge in [0, 0.05) is 37.3 Å². The molecule has 7 heteroatoms. The van der Waals surface area contributed by atoms with Crippen molar-refractivity contribution >= 4 is 8.25 Å². The van der Waals surface area contributed by atoms with Crippen molar-refractivity contribution < 1.29 is 14.0 Å². The maximum atomic E-state index is 10.2. The van der Waals surface area contributed by atoms with E-state index in [1.807, 2.05) is 4.90 Å². The molecule has 0 radical (unpaired) electrons. The molecule has 0 aliphatic rings. The van der Waals surface area contributed by atoms with Gasteiger partial charge in [-0.1, -0.05) is 0 Å². The van der Waals surface area contributed by atoms with E-state index in [0.717, 1.165) is 13.1 Å². The molecule has 0 saturated heterocycles. The van der Waals surface area contributed by atoms with E-state index >= 15 is 0 Å². The van der Waals surface area contributed by atoms with Gasteiger partial charge < -0.3 is 11.5 Å². The van der Waals surface area contributed by atoms with Crippen molar-refractivity contribution in [2.45, 2.75) is 0 Å². The van der Waals surface area contributed by atoms with Crippen LogP contribution in [0.4, 0.5) is 0 Å². The van der Waals surface area contributed by atoms with Crippen LogP contribution in [-0.4, -0.2) is 49.1 Å². The molecular formula is C6H17N3O3P+. The van der Waals surface area contributed by atoms with Crippen molar-refractivity contribution in [3.63, 3.8) is 0 Å². The quantitative estimate of drug-likeness (QED) is 0.438. The van der Waals surface area contributed by atoms with Crippen LogP contribution in [0.1, 0.15) is 0 Å². The smallest absolute Gasteiger partial charge is 0.329 e. The predicted octanol–water partition coefficient (Wildman–Crippen LogP) is -1.13. The van der Waals surface area contributed by atoms with Crippen molar-refractivity contribution in [3.05, 3.63) is 0 Å². The van der Waals surface area contributed by atoms with Crippen molar-refractivity contribution in [2.24, 2.45) is 11.5 Å². The Hall–Kier alpha value is -0.100. The Morgan fingerprint density at radius 3 is 2.15 bits per heavy atom. The molecule has 0 aromatic rings. The second-order valence-corrected chi connectivity index (χ2v) is 3.22. The third-order valence-electron chi connectivity index (χ3n) is 1.50. The first kappa shape index (κ1) is 12.9. The zero-order valence-electron chi connectivity index (χ0n) is 7.56. The summed E-state index contributed by atoms with van der Waals surface area (Å²) in [5, 5.41) is 0. The van der Waals surface area contributed by atoms with Gasteiger partial charge in [0.25, 0.3) is 0 Å². The third-order valence-corrected chi connectivity index (χ3v) is 1.90. The van der Waals surface area contributed by atoms with Crippen LogP contribution in [0.15, 0.2) is 0 Å². The molecule has 0 aromatic heterocycles. The zero-order valence-corrected chi connectivity index (χ0v) is 8.45. The Labute approximate surface area is 78.8 Å². The lowest BCUT2D eigenvalue weighted by molar-refractivity contribution is 0.208. The number of hydrogen-bond acceptors (Lipinski definition) is 5. The zero-order chi connectivity index (χ0) is 10.1. The third kappa shape index (κ3) is 8.24. The molecule has 0 aliphatic carbocycles. The molecule has 0 saturated carbocycles. The Balaban J connectivity index is 3.49. The van der Waals surface area contributed by atoms with Crippen LogP contribution in [0.25, 0.3) is 0 Å². The van der Waals surface area contributed by atoms with Gasteiger partial charge in [0.1, 0.15) is 6.61 Å². The molecule has 1 atom stereocenters. The highest BCUT2D eigenvalue weighted by atomic mass is 31.1. The number of rotatable bonds is 8. The highest BCUT2D eigenvalue weighted by Crippen LogP contribution is 2.13. The Morgan fingerprint density at radius 2 is 1.77 bits per heavy atom. The predicted molar refractivity (Wildman–Crippen MR) is 50.3 cm³/mol. The molecule has 0 aromatic carbocycles. The normalized spacial score (nSPS) is 12.2. The van der Waals surface area contributed by atoms with Gasteiger partial charge in [-0.05, 0) is 0 Å². The molecule has 6 nitrogen and oxygen atoms in total. The van der Waals surface area contributed by atoms with Gasteiger partial charge in [-0.2, -0.15) is 0 Å². The first-order valence-corrected chi connectivity index (χ1v) is 5.25. The van der Waals surface area contributed by atoms with E-state index in [0.29, 0.717) is 19.6 Å². The standard InChI is InChI=1S/C6H16N3O3P/c7-1-3-9(4-2-8)5-6-12-13(10)11/h1-8H2/p+1. The monoisotopic (exact) mass is 210 g/mol. The highest BCUT2D eigenvalue weighted by molar-refractivity contribution is 7.32. The van der Waals surface area contributed by atoms with Crippen LogP contribution in [0.3, 0.4) is 0 Å². The molecule has 0 fully saturated rings. The SMILES string of the molecule is NCCN(CCN)CCO[P+](=O)O. The van der Waals surface area contributed by atoms with Gasteiger partial charge in [-0.15, -0.1) is 9.42 Å². The second kappa shape index (κ2) is 8.50. The van der Waals surface area contributed by atoms with Gasteiger partial charge in [0.05, 0.1) is 0 Å². The Kier molecular flexibility index (Phi) is 8.43. The van der Waals surface area contributed by atoms with E-state index in [4.69, 9.17) is 16.4 Å². The maximum absolute atomic E-state index is 10.2. The summed E-state index contributed by atoms with van der Waals surface area (Å²) in [6.45, 7) is 3.35. The van der Waals surface area contributed by atoms with Gasteiger partial charge >= 0.3 is 8.25 Å². The van der Waals surface area contributed by atoms with E-state index in [-0.39, 0.29) is 6.61 Å². The summed E-state index contributed by atoms with van der Waals surface area (Å²) in [5.74, 6) is 0. The highest BCUT2D eigenvalue weighted by Gasteiger charge is 2.12. The summed E-state index contributed by atoms with van der Waals surface area (Å²) in [4.78, 5) is 10.3. The van der Waals surface area contributed by atoms with E-state index in [2.05, 4.69) is 4.52 Å². The average Bonchev–Trinajstić information content (AvgIpc) is 2.04. The summed E-state index contributed by atoms with van der Waals surface area (Å²) in [6, 6.07) is 0. The van der Waals surface area contributed by atoms with E-state index < -0.39 is 8.25 Å². The minimum atomic E-state index is -2.49. The van der Waals surface area contributed by atoms with Crippen molar-refractivity contribution in [2.75, 3.05) is 39.3 Å². The summed E-state index contributed by atoms with van der Waals surface area (Å²) >= 11 is 0. The first-order chi connectivity index (χ1) is 6.20. The molecule has 78 valence electrons. The minimum Gasteiger partial charge on any atom is -0.329 e. The molecule has 5 N–H and O–H groups in total. The van der Waals surface area contributed by atoms with Gasteiger partial charge in [-0.3, -0.25) is 4.90 Å². The molecule has 0 aliphatic heterocycles. The van der Waals surface area contributed by atoms with Crippen LogP contribution in [0.2, 0.25) is 0 Å². The van der Waals surface area contributed by atoms with Crippen molar-refractivity contribution in [1.82, 2.24) is 4.90 Å². The number of hydrogen-bond donors (Lipinski definition) is 3. The summed E-state index contributed by atoms with van der Waals surface area (Å²) < 4.78 is 14.7. The lowest BCUT2D eigenvalue weighted by Crippen LogP contribution is -2.36. The summed E-state index contributed by atoms with van der Waals surface area (Å²) in [5.41, 5.74) is 10.7. The van der Waals surface area contributed by atoms with Gasteiger partial charge in [-0.25, -0.2) is 0 Å². The molecule has 1 unspecified atom stereocenters. The minimum absolute atomic E-state index is 0.228. The molecule has 0 heterocycles.